The maximum atomic E-state index is 8.64. The minimum atomic E-state index is -0.446. The molecule has 0 atom stereocenters. The topological polar surface area (TPSA) is 93.6 Å². The molecule has 18 heteroatoms. The number of aromatic nitrogens is 2. The minimum Gasteiger partial charge on any atom is -1.00 e. The summed E-state index contributed by atoms with van der Waals surface area (Å²) < 4.78 is 12.5. The molecule has 0 amide bonds. The monoisotopic (exact) mass is 2170 g/mol. The van der Waals surface area contributed by atoms with Gasteiger partial charge in [-0.1, -0.05) is 511 Å². The van der Waals surface area contributed by atoms with E-state index < -0.39 is 31.7 Å². The van der Waals surface area contributed by atoms with Crippen LogP contribution >= 0.6 is 66.5 Å². The number of carbonyl (C=O) groups excluding carboxylic acids is 1. The zero-order valence-electron chi connectivity index (χ0n) is 83.8. The van der Waals surface area contributed by atoms with E-state index in [0.29, 0.717) is 10.2 Å². The van der Waals surface area contributed by atoms with Crippen molar-refractivity contribution in [3.05, 3.63) is 547 Å². The van der Waals surface area contributed by atoms with Crippen LogP contribution in [0.15, 0.2) is 510 Å². The summed E-state index contributed by atoms with van der Waals surface area (Å²) in [6, 6.07) is 176. The molecule has 714 valence electrons. The molecule has 2 aromatic heterocycles. The Morgan fingerprint density at radius 3 is 0.821 bits per heavy atom. The molecule has 20 aromatic rings. The van der Waals surface area contributed by atoms with E-state index >= 15 is 0 Å². The first-order valence-electron chi connectivity index (χ1n) is 47.3. The van der Waals surface area contributed by atoms with E-state index in [1.807, 2.05) is 42.6 Å². The van der Waals surface area contributed by atoms with Gasteiger partial charge in [-0.25, -0.2) is 4.98 Å². The van der Waals surface area contributed by atoms with Crippen LogP contribution < -0.4 is 177 Å². The number of rotatable bonds is 15. The van der Waals surface area contributed by atoms with Gasteiger partial charge in [0.25, 0.3) is 6.47 Å². The summed E-state index contributed by atoms with van der Waals surface area (Å²) in [4.78, 5) is 19.9. The van der Waals surface area contributed by atoms with Crippen LogP contribution in [0.4, 0.5) is 0 Å². The van der Waals surface area contributed by atoms with Crippen LogP contribution in [-0.2, 0) is 50.2 Å². The van der Waals surface area contributed by atoms with E-state index in [4.69, 9.17) is 54.2 Å². The van der Waals surface area contributed by atoms with Crippen molar-refractivity contribution in [2.45, 2.75) is 77.4 Å². The van der Waals surface area contributed by atoms with Gasteiger partial charge in [0.1, 0.15) is 5.15 Å². The molecule has 145 heavy (non-hydrogen) atoms. The van der Waals surface area contributed by atoms with Crippen molar-refractivity contribution < 1.29 is 149 Å². The van der Waals surface area contributed by atoms with Crippen molar-refractivity contribution in [2.75, 3.05) is 0 Å². The van der Waals surface area contributed by atoms with Gasteiger partial charge in [-0.15, -0.1) is 0 Å². The van der Waals surface area contributed by atoms with Gasteiger partial charge in [0, 0.05) is 70.0 Å². The third kappa shape index (κ3) is 28.5. The number of halogens is 3. The van der Waals surface area contributed by atoms with Crippen molar-refractivity contribution in [3.8, 4) is 33.5 Å². The summed E-state index contributed by atoms with van der Waals surface area (Å²) in [7, 11) is -2.09. The average Bonchev–Trinajstić information content (AvgIpc) is 1.58. The normalized spacial score (nSPS) is 12.8. The number of pyridine rings is 2. The van der Waals surface area contributed by atoms with Crippen LogP contribution in [0.25, 0.3) is 55.1 Å². The van der Waals surface area contributed by atoms with Crippen LogP contribution in [-0.4, -0.2) is 34.8 Å². The Morgan fingerprint density at radius 1 is 0.290 bits per heavy atom. The van der Waals surface area contributed by atoms with Crippen LogP contribution in [0.3, 0.4) is 0 Å². The van der Waals surface area contributed by atoms with Crippen LogP contribution in [0.1, 0.15) is 79.1 Å². The number of hydrogen-bond donors (Lipinski definition) is 0. The number of fused-ring (bicyclic) bond motifs is 8. The number of hydrogen-bond acceptors (Lipinski definition) is 7. The second-order valence-electron chi connectivity index (χ2n) is 36.0. The molecule has 0 N–H and O–H groups in total. The molecule has 1 fully saturated rings. The Balaban J connectivity index is 0.000000151. The zero-order chi connectivity index (χ0) is 98.8. The fraction of sp³-hybridized carbons (Fsp3) is 0.0945. The average molecular weight is 2170 g/mol. The second-order valence-corrected chi connectivity index (χ2v) is 46.2. The van der Waals surface area contributed by atoms with Crippen LogP contribution in [0.5, 0.6) is 0 Å². The summed E-state index contributed by atoms with van der Waals surface area (Å²) in [5, 5.41) is 31.4. The van der Waals surface area contributed by atoms with E-state index in [9.17, 15) is 0 Å². The zero-order valence-corrected chi connectivity index (χ0v) is 96.5. The minimum absolute atomic E-state index is 0. The Morgan fingerprint density at radius 2 is 0.531 bits per heavy atom. The fourth-order valence-corrected chi connectivity index (χ4v) is 27.7. The SMILES string of the molecule is CC1(C)c2ccccc2-c2ccc(-c3nccc4cc(Cl)ccc34)cc21.CC1(C)c2ccccc2-c2ccc(B3OC(C)(C)C(C)(C)O3)cc21.Clc1ccc2c(Cl)nccc2c1.O=CO[O-].[H-].[K+].[K+].[Pd].c1ccc(P(c2ccccc2)c2ccccc2)cc1.c1ccc(P(c2ccccc2)c2ccccc2)cc1.c1ccc(P(c2ccccc2)c2ccccc2)cc1.c1ccc(P(c2ccccc2)c2ccccc2)cc1. The third-order valence-corrected chi connectivity index (χ3v) is 36.2. The van der Waals surface area contributed by atoms with Crippen molar-refractivity contribution in [3.63, 3.8) is 0 Å². The molecule has 3 heterocycles. The van der Waals surface area contributed by atoms with Gasteiger partial charge in [-0.2, -0.15) is 0 Å². The van der Waals surface area contributed by atoms with Gasteiger partial charge in [0.15, 0.2) is 0 Å². The molecular formula is C127H110BCl3K2N2O5P4Pd. The molecule has 0 spiro atoms. The Labute approximate surface area is 975 Å². The molecule has 23 rings (SSSR count). The van der Waals surface area contributed by atoms with E-state index in [-0.39, 0.29) is 160 Å². The number of nitrogens with zero attached hydrogens (tertiary/aromatic N) is 2. The van der Waals surface area contributed by atoms with Crippen LogP contribution in [0, 0.1) is 0 Å². The van der Waals surface area contributed by atoms with Gasteiger partial charge in [-0.05, 0) is 232 Å². The molecule has 18 aromatic carbocycles. The van der Waals surface area contributed by atoms with Gasteiger partial charge < -0.3 is 20.9 Å². The van der Waals surface area contributed by atoms with Crippen LogP contribution in [0.2, 0.25) is 15.2 Å². The predicted molar refractivity (Wildman–Crippen MR) is 610 cm³/mol. The van der Waals surface area contributed by atoms with Gasteiger partial charge in [0.2, 0.25) is 0 Å². The summed E-state index contributed by atoms with van der Waals surface area (Å²) >= 11 is 17.8. The largest absolute Gasteiger partial charge is 1.00 e. The molecule has 0 radical (unpaired) electrons. The van der Waals surface area contributed by atoms with E-state index in [0.717, 1.165) is 43.3 Å². The van der Waals surface area contributed by atoms with Crippen molar-refractivity contribution in [2.24, 2.45) is 0 Å². The first-order chi connectivity index (χ1) is 69.2. The molecule has 0 bridgehead atoms. The maximum absolute atomic E-state index is 8.64. The second kappa shape index (κ2) is 54.8. The Kier molecular flexibility index (Phi) is 42.6. The molecule has 0 unspecified atom stereocenters. The quantitative estimate of drug-likeness (QED) is 0.0252. The molecule has 3 aliphatic rings. The summed E-state index contributed by atoms with van der Waals surface area (Å²) in [6.45, 7) is 17.4. The Bertz CT molecular complexity index is 6630. The summed E-state index contributed by atoms with van der Waals surface area (Å²) in [5.74, 6) is 0. The predicted octanol–water partition coefficient (Wildman–Crippen LogP) is 21.0. The van der Waals surface area contributed by atoms with Gasteiger partial charge in [-0.3, -0.25) is 9.78 Å². The smallest absolute Gasteiger partial charge is 1.00 e. The van der Waals surface area contributed by atoms with Crippen molar-refractivity contribution in [1.29, 1.82) is 0 Å². The number of carbonyl (C=O) groups is 1. The van der Waals surface area contributed by atoms with Crippen molar-refractivity contribution >= 4 is 171 Å². The first kappa shape index (κ1) is 113. The van der Waals surface area contributed by atoms with E-state index in [1.54, 1.807) is 12.3 Å². The maximum Gasteiger partial charge on any atom is 1.00 e. The van der Waals surface area contributed by atoms with Gasteiger partial charge in [0.05, 0.1) is 16.9 Å². The Hall–Kier alpha value is -9.28. The van der Waals surface area contributed by atoms with E-state index in [1.165, 1.54) is 108 Å². The first-order valence-corrected chi connectivity index (χ1v) is 53.8. The standard InChI is InChI=1S/C24H18ClN.C21H25BO2.4C18H15P.C9H5Cl2N.CH2O3.2K.Pd.H/c1-24(2)21-6-4-3-5-19(21)20-9-7-16(14-22(20)24)23-18-10-8-17(25)13-15(18)11-12-26-23;1-19(2)17-10-8-7-9-15(17)16-12-11-14(13-18(16)19)22-23-20(3,4)21(5,6)24-22;4*1-4-10-16(11-5-1)19(17-12-6-2-7-13-17)18-14-8-3-9-15-18;10-7-1-2-8-6(5-7)3-4-12-9(8)11;2-1-4-3;;;;/h3-14H,1-2H3;7-13H,1-6H3;4*1-15H;1-5H;1,3H;;;;/q;;;;;;;;2*+1;;-1/p-1. The van der Waals surface area contributed by atoms with Crippen molar-refractivity contribution in [1.82, 2.24) is 9.97 Å². The molecule has 1 saturated heterocycles. The molecule has 1 aliphatic heterocycles. The van der Waals surface area contributed by atoms with Gasteiger partial charge >= 0.3 is 110 Å². The summed E-state index contributed by atoms with van der Waals surface area (Å²) in [6.07, 6.45) is 3.53. The fourth-order valence-electron chi connectivity index (χ4n) is 17.9. The third-order valence-electron chi connectivity index (χ3n) is 25.6. The molecule has 0 saturated carbocycles. The number of benzene rings is 18. The van der Waals surface area contributed by atoms with E-state index in [2.05, 4.69) is 525 Å². The molecule has 2 aliphatic carbocycles. The molecule has 7 nitrogen and oxygen atoms in total. The molecular weight excluding hydrogens is 2060 g/mol. The summed E-state index contributed by atoms with van der Waals surface area (Å²) in [5.41, 5.74) is 13.5.